The molecule has 2 aromatic carbocycles. The molecular weight excluding hydrogens is 322 g/mol. The number of benzene rings is 2. The van der Waals surface area contributed by atoms with E-state index in [2.05, 4.69) is 5.32 Å². The smallest absolute Gasteiger partial charge is 0.332 e. The lowest BCUT2D eigenvalue weighted by atomic mass is 9.97. The van der Waals surface area contributed by atoms with Crippen molar-refractivity contribution in [3.63, 3.8) is 0 Å². The van der Waals surface area contributed by atoms with E-state index in [1.165, 1.54) is 11.8 Å². The maximum Gasteiger partial charge on any atom is 0.332 e. The number of carbonyl (C=O) groups is 2. The van der Waals surface area contributed by atoms with Gasteiger partial charge in [-0.05, 0) is 37.5 Å². The Morgan fingerprint density at radius 3 is 2.58 bits per heavy atom. The summed E-state index contributed by atoms with van der Waals surface area (Å²) in [5, 5.41) is 2.87. The summed E-state index contributed by atoms with van der Waals surface area (Å²) in [4.78, 5) is 26.3. The van der Waals surface area contributed by atoms with Gasteiger partial charge < -0.3 is 10.1 Å². The van der Waals surface area contributed by atoms with Gasteiger partial charge in [-0.3, -0.25) is 4.79 Å². The Kier molecular flexibility index (Phi) is 4.90. The highest BCUT2D eigenvalue weighted by atomic mass is 32.2. The number of fused-ring (bicyclic) bond motifs is 1. The van der Waals surface area contributed by atoms with Gasteiger partial charge >= 0.3 is 5.97 Å². The Balaban J connectivity index is 1.91. The Morgan fingerprint density at radius 2 is 1.83 bits per heavy atom. The van der Waals surface area contributed by atoms with Gasteiger partial charge in [-0.15, -0.1) is 0 Å². The van der Waals surface area contributed by atoms with Crippen molar-refractivity contribution in [1.29, 1.82) is 0 Å². The van der Waals surface area contributed by atoms with Gasteiger partial charge in [0.25, 0.3) is 5.91 Å². The SMILES string of the molecule is CCOC(=O)C1(CCc2ccccc2)Sc2ccccc2NC1=O. The first-order valence-corrected chi connectivity index (χ1v) is 8.78. The van der Waals surface area contributed by atoms with E-state index >= 15 is 0 Å². The molecule has 0 aromatic heterocycles. The van der Waals surface area contributed by atoms with E-state index in [0.29, 0.717) is 12.8 Å². The minimum absolute atomic E-state index is 0.251. The fourth-order valence-electron chi connectivity index (χ4n) is 2.73. The zero-order valence-corrected chi connectivity index (χ0v) is 14.3. The van der Waals surface area contributed by atoms with Crippen LogP contribution in [-0.4, -0.2) is 23.2 Å². The molecular formula is C19H19NO3S. The lowest BCUT2D eigenvalue weighted by molar-refractivity contribution is -0.149. The third-order valence-electron chi connectivity index (χ3n) is 4.00. The van der Waals surface area contributed by atoms with Crippen LogP contribution in [0.5, 0.6) is 0 Å². The molecule has 0 radical (unpaired) electrons. The van der Waals surface area contributed by atoms with Gasteiger partial charge in [-0.2, -0.15) is 0 Å². The minimum Gasteiger partial charge on any atom is -0.465 e. The molecule has 1 amide bonds. The van der Waals surface area contributed by atoms with Crippen molar-refractivity contribution in [3.05, 3.63) is 60.2 Å². The number of anilines is 1. The van der Waals surface area contributed by atoms with Crippen LogP contribution in [-0.2, 0) is 20.7 Å². The molecule has 1 unspecified atom stereocenters. The highest BCUT2D eigenvalue weighted by Gasteiger charge is 2.50. The summed E-state index contributed by atoms with van der Waals surface area (Å²) in [6.45, 7) is 2.00. The molecule has 0 fully saturated rings. The van der Waals surface area contributed by atoms with Crippen molar-refractivity contribution in [2.75, 3.05) is 11.9 Å². The lowest BCUT2D eigenvalue weighted by Crippen LogP contribution is -2.50. The lowest BCUT2D eigenvalue weighted by Gasteiger charge is -2.34. The predicted octanol–water partition coefficient (Wildman–Crippen LogP) is 3.67. The summed E-state index contributed by atoms with van der Waals surface area (Å²) in [5.74, 6) is -0.779. The van der Waals surface area contributed by atoms with Crippen molar-refractivity contribution in [2.45, 2.75) is 29.4 Å². The van der Waals surface area contributed by atoms with Crippen LogP contribution in [0.2, 0.25) is 0 Å². The number of esters is 1. The molecule has 4 nitrogen and oxygen atoms in total. The normalized spacial score (nSPS) is 19.3. The van der Waals surface area contributed by atoms with Gasteiger partial charge in [0, 0.05) is 4.90 Å². The van der Waals surface area contributed by atoms with Crippen molar-refractivity contribution in [1.82, 2.24) is 0 Å². The third-order valence-corrected chi connectivity index (χ3v) is 5.48. The molecule has 0 bridgehead atoms. The Hall–Kier alpha value is -2.27. The second-order valence-corrected chi connectivity index (χ2v) is 6.93. The van der Waals surface area contributed by atoms with E-state index < -0.39 is 10.7 Å². The van der Waals surface area contributed by atoms with E-state index in [9.17, 15) is 9.59 Å². The maximum atomic E-state index is 12.8. The molecule has 1 atom stereocenters. The number of hydrogen-bond acceptors (Lipinski definition) is 4. The predicted molar refractivity (Wildman–Crippen MR) is 95.1 cm³/mol. The fraction of sp³-hybridized carbons (Fsp3) is 0.263. The second-order valence-electron chi connectivity index (χ2n) is 5.59. The van der Waals surface area contributed by atoms with E-state index in [4.69, 9.17) is 4.74 Å². The van der Waals surface area contributed by atoms with E-state index in [-0.39, 0.29) is 12.5 Å². The van der Waals surface area contributed by atoms with Crippen molar-refractivity contribution in [3.8, 4) is 0 Å². The summed E-state index contributed by atoms with van der Waals surface area (Å²) in [6.07, 6.45) is 1.02. The summed E-state index contributed by atoms with van der Waals surface area (Å²) in [5.41, 5.74) is 1.83. The monoisotopic (exact) mass is 341 g/mol. The summed E-state index contributed by atoms with van der Waals surface area (Å²) < 4.78 is 3.99. The summed E-state index contributed by atoms with van der Waals surface area (Å²) in [7, 11) is 0. The number of rotatable bonds is 5. The van der Waals surface area contributed by atoms with Crippen LogP contribution in [0.3, 0.4) is 0 Å². The van der Waals surface area contributed by atoms with Crippen LogP contribution in [0, 0.1) is 0 Å². The first-order valence-electron chi connectivity index (χ1n) is 7.96. The van der Waals surface area contributed by atoms with Crippen LogP contribution in [0.4, 0.5) is 5.69 Å². The largest absolute Gasteiger partial charge is 0.465 e. The molecule has 0 aliphatic carbocycles. The number of nitrogens with one attached hydrogen (secondary N) is 1. The maximum absolute atomic E-state index is 12.8. The van der Waals surface area contributed by atoms with Crippen LogP contribution in [0.25, 0.3) is 0 Å². The minimum atomic E-state index is -1.25. The number of carbonyl (C=O) groups excluding carboxylic acids is 2. The first-order chi connectivity index (χ1) is 11.7. The molecule has 0 saturated heterocycles. The molecule has 3 rings (SSSR count). The van der Waals surface area contributed by atoms with Gasteiger partial charge in [0.05, 0.1) is 12.3 Å². The average Bonchev–Trinajstić information content (AvgIpc) is 2.61. The van der Waals surface area contributed by atoms with Crippen molar-refractivity contribution in [2.24, 2.45) is 0 Å². The number of ether oxygens (including phenoxy) is 1. The average molecular weight is 341 g/mol. The highest BCUT2D eigenvalue weighted by molar-refractivity contribution is 8.02. The number of amides is 1. The molecule has 0 spiro atoms. The molecule has 24 heavy (non-hydrogen) atoms. The molecule has 5 heteroatoms. The summed E-state index contributed by atoms with van der Waals surface area (Å²) >= 11 is 1.29. The Morgan fingerprint density at radius 1 is 1.12 bits per heavy atom. The topological polar surface area (TPSA) is 55.4 Å². The summed E-state index contributed by atoms with van der Waals surface area (Å²) in [6, 6.07) is 17.4. The molecule has 1 aliphatic rings. The van der Waals surface area contributed by atoms with Crippen LogP contribution in [0.1, 0.15) is 18.9 Å². The molecule has 124 valence electrons. The first kappa shape index (κ1) is 16.6. The van der Waals surface area contributed by atoms with Crippen molar-refractivity contribution < 1.29 is 14.3 Å². The number of hydrogen-bond donors (Lipinski definition) is 1. The molecule has 1 aliphatic heterocycles. The van der Waals surface area contributed by atoms with E-state index in [1.807, 2.05) is 54.6 Å². The standard InChI is InChI=1S/C19H19NO3S/c1-2-23-18(22)19(13-12-14-8-4-3-5-9-14)17(21)20-15-10-6-7-11-16(15)24-19/h3-11H,2,12-13H2,1H3,(H,20,21). The molecule has 1 N–H and O–H groups in total. The van der Waals surface area contributed by atoms with Gasteiger partial charge in [0.15, 0.2) is 4.75 Å². The Labute approximate surface area is 145 Å². The van der Waals surface area contributed by atoms with Crippen molar-refractivity contribution >= 4 is 29.3 Å². The van der Waals surface area contributed by atoms with Crippen LogP contribution < -0.4 is 5.32 Å². The van der Waals surface area contributed by atoms with Gasteiger partial charge in [-0.25, -0.2) is 4.79 Å². The van der Waals surface area contributed by atoms with Crippen LogP contribution >= 0.6 is 11.8 Å². The number of thioether (sulfide) groups is 1. The van der Waals surface area contributed by atoms with Gasteiger partial charge in [0.1, 0.15) is 0 Å². The second kappa shape index (κ2) is 7.09. The number of para-hydroxylation sites is 1. The molecule has 0 saturated carbocycles. The zero-order valence-electron chi connectivity index (χ0n) is 13.5. The number of aryl methyl sites for hydroxylation is 1. The van der Waals surface area contributed by atoms with Gasteiger partial charge in [-0.1, -0.05) is 54.2 Å². The quantitative estimate of drug-likeness (QED) is 0.666. The van der Waals surface area contributed by atoms with Crippen LogP contribution in [0.15, 0.2) is 59.5 Å². The highest BCUT2D eigenvalue weighted by Crippen LogP contribution is 2.45. The molecule has 2 aromatic rings. The fourth-order valence-corrected chi connectivity index (χ4v) is 3.97. The van der Waals surface area contributed by atoms with Gasteiger partial charge in [0.2, 0.25) is 0 Å². The molecule has 1 heterocycles. The third kappa shape index (κ3) is 3.17. The van der Waals surface area contributed by atoms with E-state index in [0.717, 1.165) is 16.1 Å². The Bertz CT molecular complexity index is 747. The van der Waals surface area contributed by atoms with E-state index in [1.54, 1.807) is 6.92 Å². The zero-order chi connectivity index (χ0) is 17.0.